The number of benzene rings is 3. The molecule has 3 aromatic carbocycles. The van der Waals surface area contributed by atoms with Crippen LogP contribution in [0, 0.1) is 17.1 Å². The number of ether oxygens (including phenoxy) is 1. The van der Waals surface area contributed by atoms with Crippen LogP contribution in [0.1, 0.15) is 17.0 Å². The molecule has 4 nitrogen and oxygen atoms in total. The lowest BCUT2D eigenvalue weighted by Crippen LogP contribution is -1.98. The lowest BCUT2D eigenvalue weighted by molar-refractivity contribution is 0.304. The first-order valence-corrected chi connectivity index (χ1v) is 10.6. The summed E-state index contributed by atoms with van der Waals surface area (Å²) < 4.78 is 19.9. The highest BCUT2D eigenvalue weighted by Crippen LogP contribution is 2.36. The van der Waals surface area contributed by atoms with Gasteiger partial charge in [0.2, 0.25) is 0 Å². The summed E-state index contributed by atoms with van der Waals surface area (Å²) >= 11 is 16.1. The highest BCUT2D eigenvalue weighted by atomic mass is 79.9. The van der Waals surface area contributed by atoms with Gasteiger partial charge in [-0.3, -0.25) is 0 Å². The zero-order valence-corrected chi connectivity index (χ0v) is 18.9. The van der Waals surface area contributed by atoms with Crippen molar-refractivity contribution in [3.63, 3.8) is 0 Å². The third kappa shape index (κ3) is 4.75. The highest BCUT2D eigenvalue weighted by Gasteiger charge is 2.13. The number of nitriles is 1. The molecule has 0 fully saturated rings. The summed E-state index contributed by atoms with van der Waals surface area (Å²) in [4.78, 5) is 7.33. The largest absolute Gasteiger partial charge is 0.486 e. The number of aromatic amines is 1. The predicted octanol–water partition coefficient (Wildman–Crippen LogP) is 7.41. The van der Waals surface area contributed by atoms with Gasteiger partial charge in [-0.25, -0.2) is 9.37 Å². The molecule has 0 atom stereocenters. The smallest absolute Gasteiger partial charge is 0.152 e. The molecule has 4 aromatic rings. The van der Waals surface area contributed by atoms with Crippen molar-refractivity contribution in [2.45, 2.75) is 6.61 Å². The third-order valence-electron chi connectivity index (χ3n) is 4.48. The van der Waals surface area contributed by atoms with E-state index in [1.54, 1.807) is 30.3 Å². The molecule has 1 aromatic heterocycles. The summed E-state index contributed by atoms with van der Waals surface area (Å²) in [5, 5.41) is 10.6. The van der Waals surface area contributed by atoms with E-state index in [-0.39, 0.29) is 18.0 Å². The van der Waals surface area contributed by atoms with Gasteiger partial charge in [0, 0.05) is 10.6 Å². The fourth-order valence-electron chi connectivity index (χ4n) is 3.00. The number of hydrogen-bond acceptors (Lipinski definition) is 3. The number of nitrogens with one attached hydrogen (secondary N) is 1. The Kier molecular flexibility index (Phi) is 6.28. The SMILES string of the molecule is N#C/C(=C/c1cc(Cl)c(OCc2ccccc2Cl)c(Br)c1)c1nc2ccc(F)cc2[nH]1. The van der Waals surface area contributed by atoms with Crippen LogP contribution in [0.2, 0.25) is 10.0 Å². The number of aromatic nitrogens is 2. The normalized spacial score (nSPS) is 11.5. The monoisotopic (exact) mass is 515 g/mol. The molecule has 31 heavy (non-hydrogen) atoms. The number of H-pyrrole nitrogens is 1. The van der Waals surface area contributed by atoms with Crippen LogP contribution in [0.15, 0.2) is 59.1 Å². The number of fused-ring (bicyclic) bond motifs is 1. The minimum Gasteiger partial charge on any atom is -0.486 e. The summed E-state index contributed by atoms with van der Waals surface area (Å²) in [6.45, 7) is 0.256. The molecular formula is C23H13BrCl2FN3O. The Morgan fingerprint density at radius 1 is 1.16 bits per heavy atom. The van der Waals surface area contributed by atoms with Crippen molar-refractivity contribution in [3.05, 3.63) is 91.9 Å². The van der Waals surface area contributed by atoms with Crippen LogP contribution in [-0.2, 0) is 6.61 Å². The van der Waals surface area contributed by atoms with Crippen molar-refractivity contribution in [2.75, 3.05) is 0 Å². The molecule has 0 unspecified atom stereocenters. The van der Waals surface area contributed by atoms with Crippen LogP contribution < -0.4 is 4.74 Å². The van der Waals surface area contributed by atoms with E-state index in [2.05, 4.69) is 32.0 Å². The number of nitrogens with zero attached hydrogens (tertiary/aromatic N) is 2. The second-order valence-electron chi connectivity index (χ2n) is 6.61. The fourth-order valence-corrected chi connectivity index (χ4v) is 4.17. The van der Waals surface area contributed by atoms with E-state index in [0.29, 0.717) is 42.7 Å². The molecule has 0 amide bonds. The van der Waals surface area contributed by atoms with Gasteiger partial charge in [-0.2, -0.15) is 5.26 Å². The fraction of sp³-hybridized carbons (Fsp3) is 0.0435. The van der Waals surface area contributed by atoms with E-state index in [0.717, 1.165) is 5.56 Å². The molecule has 1 heterocycles. The van der Waals surface area contributed by atoms with Gasteiger partial charge in [0.25, 0.3) is 0 Å². The Morgan fingerprint density at radius 3 is 2.71 bits per heavy atom. The zero-order valence-electron chi connectivity index (χ0n) is 15.8. The zero-order chi connectivity index (χ0) is 22.0. The number of imidazole rings is 1. The van der Waals surface area contributed by atoms with E-state index in [4.69, 9.17) is 27.9 Å². The topological polar surface area (TPSA) is 61.7 Å². The molecule has 8 heteroatoms. The molecule has 0 radical (unpaired) electrons. The van der Waals surface area contributed by atoms with Crippen molar-refractivity contribution >= 4 is 61.8 Å². The minimum absolute atomic E-state index is 0.256. The van der Waals surface area contributed by atoms with Crippen LogP contribution in [0.3, 0.4) is 0 Å². The third-order valence-corrected chi connectivity index (χ3v) is 5.72. The number of allylic oxidation sites excluding steroid dienone is 1. The molecule has 1 N–H and O–H groups in total. The van der Waals surface area contributed by atoms with E-state index in [1.165, 1.54) is 12.1 Å². The van der Waals surface area contributed by atoms with Crippen molar-refractivity contribution in [3.8, 4) is 11.8 Å². The number of rotatable bonds is 5. The molecule has 0 aliphatic rings. The molecule has 0 saturated carbocycles. The van der Waals surface area contributed by atoms with E-state index < -0.39 is 0 Å². The highest BCUT2D eigenvalue weighted by molar-refractivity contribution is 9.10. The Bertz CT molecular complexity index is 1340. The van der Waals surface area contributed by atoms with Crippen LogP contribution in [-0.4, -0.2) is 9.97 Å². The quantitative estimate of drug-likeness (QED) is 0.281. The second-order valence-corrected chi connectivity index (χ2v) is 8.28. The Balaban J connectivity index is 1.62. The van der Waals surface area contributed by atoms with Crippen LogP contribution in [0.5, 0.6) is 5.75 Å². The summed E-state index contributed by atoms with van der Waals surface area (Å²) in [7, 11) is 0. The molecule has 0 spiro atoms. The predicted molar refractivity (Wildman–Crippen MR) is 124 cm³/mol. The first kappa shape index (κ1) is 21.4. The van der Waals surface area contributed by atoms with E-state index in [9.17, 15) is 9.65 Å². The second kappa shape index (κ2) is 9.11. The minimum atomic E-state index is -0.381. The molecule has 0 aliphatic heterocycles. The molecule has 4 rings (SSSR count). The Labute approximate surface area is 196 Å². The number of hydrogen-bond donors (Lipinski definition) is 1. The van der Waals surface area contributed by atoms with Crippen LogP contribution in [0.25, 0.3) is 22.7 Å². The van der Waals surface area contributed by atoms with Gasteiger partial charge in [-0.15, -0.1) is 0 Å². The van der Waals surface area contributed by atoms with Crippen LogP contribution in [0.4, 0.5) is 4.39 Å². The maximum Gasteiger partial charge on any atom is 0.152 e. The maximum absolute atomic E-state index is 13.4. The van der Waals surface area contributed by atoms with Gasteiger partial charge >= 0.3 is 0 Å². The lowest BCUT2D eigenvalue weighted by Gasteiger charge is -2.12. The molecule has 154 valence electrons. The lowest BCUT2D eigenvalue weighted by atomic mass is 10.1. The summed E-state index contributed by atoms with van der Waals surface area (Å²) in [5.74, 6) is 0.430. The first-order valence-electron chi connectivity index (χ1n) is 9.07. The van der Waals surface area contributed by atoms with Crippen LogP contribution >= 0.6 is 39.1 Å². The standard InChI is InChI=1S/C23H13BrCl2FN3O/c24-17-8-13(9-19(26)22(17)31-12-14-3-1-2-4-18(14)25)7-15(11-28)23-29-20-6-5-16(27)10-21(20)30-23/h1-10H,12H2,(H,29,30)/b15-7-. The van der Waals surface area contributed by atoms with E-state index in [1.807, 2.05) is 18.2 Å². The van der Waals surface area contributed by atoms with Gasteiger partial charge in [0.05, 0.1) is 26.1 Å². The molecule has 0 aliphatic carbocycles. The maximum atomic E-state index is 13.4. The summed E-state index contributed by atoms with van der Waals surface area (Å²) in [5.41, 5.74) is 2.87. The summed E-state index contributed by atoms with van der Waals surface area (Å²) in [6.07, 6.45) is 1.64. The molecular weight excluding hydrogens is 504 g/mol. The molecule has 0 bridgehead atoms. The van der Waals surface area contributed by atoms with Crippen molar-refractivity contribution < 1.29 is 9.13 Å². The first-order chi connectivity index (χ1) is 14.9. The van der Waals surface area contributed by atoms with Crippen molar-refractivity contribution in [2.24, 2.45) is 0 Å². The Morgan fingerprint density at radius 2 is 1.97 bits per heavy atom. The van der Waals surface area contributed by atoms with Gasteiger partial charge in [-0.1, -0.05) is 41.4 Å². The molecule has 0 saturated heterocycles. The van der Waals surface area contributed by atoms with Crippen molar-refractivity contribution in [1.82, 2.24) is 9.97 Å². The number of halogens is 4. The van der Waals surface area contributed by atoms with E-state index >= 15 is 0 Å². The van der Waals surface area contributed by atoms with Gasteiger partial charge in [0.1, 0.15) is 24.3 Å². The van der Waals surface area contributed by atoms with Gasteiger partial charge in [0.15, 0.2) is 5.75 Å². The average molecular weight is 517 g/mol. The Hall–Kier alpha value is -2.85. The van der Waals surface area contributed by atoms with Gasteiger partial charge < -0.3 is 9.72 Å². The van der Waals surface area contributed by atoms with Gasteiger partial charge in [-0.05, 0) is 64.0 Å². The van der Waals surface area contributed by atoms with Crippen molar-refractivity contribution in [1.29, 1.82) is 5.26 Å². The average Bonchev–Trinajstić information content (AvgIpc) is 3.15. The summed E-state index contributed by atoms with van der Waals surface area (Å²) in [6, 6.07) is 17.2.